The second-order valence-electron chi connectivity index (χ2n) is 6.30. The van der Waals surface area contributed by atoms with Crippen molar-refractivity contribution >= 4 is 35.6 Å². The van der Waals surface area contributed by atoms with Gasteiger partial charge < -0.3 is 20.6 Å². The first-order valence-corrected chi connectivity index (χ1v) is 8.82. The number of unbranched alkanes of at least 4 members (excludes halogenated alkanes) is 1. The number of aliphatic carboxylic acids is 3. The Hall–Kier alpha value is -3.28. The summed E-state index contributed by atoms with van der Waals surface area (Å²) in [6.07, 6.45) is 2.87. The van der Waals surface area contributed by atoms with Crippen LogP contribution in [0.15, 0.2) is 12.2 Å². The number of hydrogen-bond donors (Lipinski definition) is 4. The van der Waals surface area contributed by atoms with Gasteiger partial charge in [-0.2, -0.15) is 0 Å². The van der Waals surface area contributed by atoms with E-state index in [2.05, 4.69) is 5.32 Å². The van der Waals surface area contributed by atoms with Gasteiger partial charge >= 0.3 is 17.9 Å². The topological polar surface area (TPSA) is 182 Å². The van der Waals surface area contributed by atoms with E-state index in [1.807, 2.05) is 0 Å². The molecule has 3 amide bonds. The maximum absolute atomic E-state index is 11.8. The number of carbonyl (C=O) groups is 6. The molecule has 1 aliphatic heterocycles. The molecule has 0 radical (unpaired) electrons. The van der Waals surface area contributed by atoms with Crippen molar-refractivity contribution in [3.05, 3.63) is 12.2 Å². The Morgan fingerprint density at radius 2 is 1.52 bits per heavy atom. The molecule has 1 heterocycles. The smallest absolute Gasteiger partial charge is 0.320 e. The lowest BCUT2D eigenvalue weighted by molar-refractivity contribution is -0.150. The Kier molecular flexibility index (Phi) is 9.45. The number of imide groups is 1. The maximum atomic E-state index is 11.8. The third kappa shape index (κ3) is 8.51. The van der Waals surface area contributed by atoms with Gasteiger partial charge in [0, 0.05) is 31.7 Å². The van der Waals surface area contributed by atoms with Gasteiger partial charge in [-0.1, -0.05) is 0 Å². The molecule has 1 rings (SSSR count). The van der Waals surface area contributed by atoms with E-state index in [1.165, 1.54) is 0 Å². The van der Waals surface area contributed by atoms with Crippen molar-refractivity contribution in [3.8, 4) is 0 Å². The molecule has 0 aromatic heterocycles. The fourth-order valence-corrected chi connectivity index (χ4v) is 2.73. The molecule has 12 heteroatoms. The first-order valence-electron chi connectivity index (χ1n) is 8.82. The van der Waals surface area contributed by atoms with Crippen molar-refractivity contribution in [2.75, 3.05) is 26.2 Å². The van der Waals surface area contributed by atoms with Gasteiger partial charge in [-0.25, -0.2) is 0 Å². The van der Waals surface area contributed by atoms with E-state index in [0.717, 1.165) is 22.0 Å². The van der Waals surface area contributed by atoms with Gasteiger partial charge in [-0.05, 0) is 19.3 Å². The summed E-state index contributed by atoms with van der Waals surface area (Å²) in [4.78, 5) is 69.3. The van der Waals surface area contributed by atoms with Crippen molar-refractivity contribution in [3.63, 3.8) is 0 Å². The van der Waals surface area contributed by atoms with Crippen LogP contribution in [-0.2, 0) is 28.8 Å². The molecular weight excluding hydrogens is 390 g/mol. The van der Waals surface area contributed by atoms with Crippen molar-refractivity contribution in [1.29, 1.82) is 0 Å². The number of rotatable bonds is 14. The van der Waals surface area contributed by atoms with E-state index in [1.54, 1.807) is 0 Å². The molecule has 0 saturated heterocycles. The van der Waals surface area contributed by atoms with Crippen LogP contribution in [-0.4, -0.2) is 93.0 Å². The lowest BCUT2D eigenvalue weighted by Crippen LogP contribution is -2.46. The van der Waals surface area contributed by atoms with Crippen molar-refractivity contribution < 1.29 is 44.1 Å². The Labute approximate surface area is 165 Å². The van der Waals surface area contributed by atoms with Crippen LogP contribution in [0.5, 0.6) is 0 Å². The molecule has 0 spiro atoms. The van der Waals surface area contributed by atoms with Gasteiger partial charge in [-0.15, -0.1) is 0 Å². The Balaban J connectivity index is 2.35. The Morgan fingerprint density at radius 3 is 2.00 bits per heavy atom. The fourth-order valence-electron chi connectivity index (χ4n) is 2.73. The summed E-state index contributed by atoms with van der Waals surface area (Å²) in [5, 5.41) is 29.5. The van der Waals surface area contributed by atoms with E-state index in [-0.39, 0.29) is 31.8 Å². The van der Waals surface area contributed by atoms with E-state index in [9.17, 15) is 33.9 Å². The molecule has 0 fully saturated rings. The summed E-state index contributed by atoms with van der Waals surface area (Å²) >= 11 is 0. The van der Waals surface area contributed by atoms with Crippen LogP contribution in [0, 0.1) is 0 Å². The maximum Gasteiger partial charge on any atom is 0.320 e. The molecule has 1 aliphatic rings. The average molecular weight is 413 g/mol. The third-order valence-corrected chi connectivity index (χ3v) is 4.09. The zero-order valence-electron chi connectivity index (χ0n) is 15.6. The number of carboxylic acid groups (broad SMARTS) is 3. The minimum absolute atomic E-state index is 0.00815. The highest BCUT2D eigenvalue weighted by Gasteiger charge is 2.28. The molecule has 160 valence electrons. The number of amides is 3. The predicted octanol–water partition coefficient (Wildman–Crippen LogP) is -1.49. The molecule has 1 atom stereocenters. The average Bonchev–Trinajstić information content (AvgIpc) is 2.92. The van der Waals surface area contributed by atoms with Crippen LogP contribution in [0.4, 0.5) is 0 Å². The molecule has 29 heavy (non-hydrogen) atoms. The molecule has 12 nitrogen and oxygen atoms in total. The van der Waals surface area contributed by atoms with Crippen LogP contribution in [0.25, 0.3) is 0 Å². The number of nitrogens with one attached hydrogen (secondary N) is 1. The minimum Gasteiger partial charge on any atom is -0.480 e. The number of nitrogens with zero attached hydrogens (tertiary/aromatic N) is 2. The highest BCUT2D eigenvalue weighted by Crippen LogP contribution is 2.10. The monoisotopic (exact) mass is 413 g/mol. The standard InChI is InChI=1S/C17H23N3O9/c21-12(6-8-20-13(22)4-5-14(20)23)18-7-2-1-3-11(17(28)29)19(9-15(24)25)10-16(26)27/h4-5,11H,1-3,6-10H2,(H,18,21)(H,24,25)(H,26,27)(H,28,29)/t11-/m0/s1. The number of hydrogen-bond acceptors (Lipinski definition) is 7. The van der Waals surface area contributed by atoms with Crippen LogP contribution in [0.2, 0.25) is 0 Å². The summed E-state index contributed by atoms with van der Waals surface area (Å²) in [7, 11) is 0. The highest BCUT2D eigenvalue weighted by atomic mass is 16.4. The Bertz CT molecular complexity index is 670. The fraction of sp³-hybridized carbons (Fsp3) is 0.529. The van der Waals surface area contributed by atoms with Crippen LogP contribution >= 0.6 is 0 Å². The first-order chi connectivity index (χ1) is 13.6. The largest absolute Gasteiger partial charge is 0.480 e. The summed E-state index contributed by atoms with van der Waals surface area (Å²) in [6.45, 7) is -1.27. The minimum atomic E-state index is -1.34. The van der Waals surface area contributed by atoms with E-state index in [0.29, 0.717) is 12.8 Å². The zero-order chi connectivity index (χ0) is 22.0. The SMILES string of the molecule is O=C(O)CN(CC(=O)O)[C@@H](CCCCNC(=O)CCN1C(=O)C=CC1=O)C(=O)O. The predicted molar refractivity (Wildman–Crippen MR) is 95.6 cm³/mol. The van der Waals surface area contributed by atoms with Crippen LogP contribution < -0.4 is 5.32 Å². The van der Waals surface area contributed by atoms with Gasteiger partial charge in [0.15, 0.2) is 0 Å². The molecular formula is C17H23N3O9. The zero-order valence-corrected chi connectivity index (χ0v) is 15.6. The van der Waals surface area contributed by atoms with Crippen molar-refractivity contribution in [2.45, 2.75) is 31.7 Å². The van der Waals surface area contributed by atoms with E-state index in [4.69, 9.17) is 10.2 Å². The quantitative estimate of drug-likeness (QED) is 0.193. The van der Waals surface area contributed by atoms with E-state index < -0.39 is 48.9 Å². The Morgan fingerprint density at radius 1 is 0.966 bits per heavy atom. The molecule has 0 aromatic rings. The molecule has 0 aromatic carbocycles. The van der Waals surface area contributed by atoms with E-state index >= 15 is 0 Å². The normalized spacial score (nSPS) is 14.3. The van der Waals surface area contributed by atoms with Crippen LogP contribution in [0.3, 0.4) is 0 Å². The summed E-state index contributed by atoms with van der Waals surface area (Å²) < 4.78 is 0. The number of carbonyl (C=O) groups excluding carboxylic acids is 3. The third-order valence-electron chi connectivity index (χ3n) is 4.09. The lowest BCUT2D eigenvalue weighted by atomic mass is 10.1. The van der Waals surface area contributed by atoms with Crippen molar-refractivity contribution in [1.82, 2.24) is 15.1 Å². The molecule has 0 saturated carbocycles. The highest BCUT2D eigenvalue weighted by molar-refractivity contribution is 6.13. The molecule has 0 unspecified atom stereocenters. The second kappa shape index (κ2) is 11.5. The van der Waals surface area contributed by atoms with Gasteiger partial charge in [0.05, 0.1) is 13.1 Å². The first kappa shape index (κ1) is 23.8. The van der Waals surface area contributed by atoms with Crippen LogP contribution in [0.1, 0.15) is 25.7 Å². The molecule has 0 bridgehead atoms. The van der Waals surface area contributed by atoms with Crippen molar-refractivity contribution in [2.24, 2.45) is 0 Å². The molecule has 0 aliphatic carbocycles. The lowest BCUT2D eigenvalue weighted by Gasteiger charge is -2.25. The summed E-state index contributed by atoms with van der Waals surface area (Å²) in [6, 6.07) is -1.28. The van der Waals surface area contributed by atoms with Gasteiger partial charge in [0.2, 0.25) is 5.91 Å². The molecule has 4 N–H and O–H groups in total. The van der Waals surface area contributed by atoms with Gasteiger partial charge in [0.1, 0.15) is 6.04 Å². The summed E-state index contributed by atoms with van der Waals surface area (Å²) in [5.41, 5.74) is 0. The van der Waals surface area contributed by atoms with Gasteiger partial charge in [0.25, 0.3) is 11.8 Å². The second-order valence-corrected chi connectivity index (χ2v) is 6.30. The summed E-state index contributed by atoms with van der Waals surface area (Å²) in [5.74, 6) is -5.34. The number of carboxylic acids is 3. The van der Waals surface area contributed by atoms with Gasteiger partial charge in [-0.3, -0.25) is 38.6 Å².